The van der Waals surface area contributed by atoms with Crippen molar-refractivity contribution in [1.29, 1.82) is 0 Å². The Labute approximate surface area is 144 Å². The second-order valence-electron chi connectivity index (χ2n) is 6.03. The normalized spacial score (nSPS) is 14.7. The van der Waals surface area contributed by atoms with E-state index in [0.717, 1.165) is 21.2 Å². The summed E-state index contributed by atoms with van der Waals surface area (Å²) >= 11 is 0. The molecule has 0 bridgehead atoms. The Morgan fingerprint density at radius 1 is 0.800 bits per heavy atom. The van der Waals surface area contributed by atoms with Crippen LogP contribution in [0.4, 0.5) is 5.69 Å². The SMILES string of the molecule is Cc1ccc(C2=C(O)C(=O)N(c3cccc4ccccc34)C2=O)cc1. The van der Waals surface area contributed by atoms with Gasteiger partial charge >= 0.3 is 5.91 Å². The highest BCUT2D eigenvalue weighted by Crippen LogP contribution is 2.35. The highest BCUT2D eigenvalue weighted by Gasteiger charge is 2.40. The van der Waals surface area contributed by atoms with Gasteiger partial charge in [0, 0.05) is 5.39 Å². The summed E-state index contributed by atoms with van der Waals surface area (Å²) in [4.78, 5) is 26.6. The summed E-state index contributed by atoms with van der Waals surface area (Å²) in [5.74, 6) is -1.72. The number of imide groups is 1. The summed E-state index contributed by atoms with van der Waals surface area (Å²) in [5, 5.41) is 12.0. The van der Waals surface area contributed by atoms with Gasteiger partial charge in [0.05, 0.1) is 11.3 Å². The molecule has 0 aromatic heterocycles. The van der Waals surface area contributed by atoms with E-state index >= 15 is 0 Å². The number of hydrogen-bond acceptors (Lipinski definition) is 3. The standard InChI is InChI=1S/C21H15NO3/c1-13-9-11-15(12-10-13)18-19(23)21(25)22(20(18)24)17-8-4-6-14-5-2-3-7-16(14)17/h2-12,23H,1H3. The number of rotatable bonds is 2. The fraction of sp³-hybridized carbons (Fsp3) is 0.0476. The maximum Gasteiger partial charge on any atom is 0.301 e. The number of nitrogens with zero attached hydrogens (tertiary/aromatic N) is 1. The van der Waals surface area contributed by atoms with Crippen LogP contribution in [0.5, 0.6) is 0 Å². The quantitative estimate of drug-likeness (QED) is 0.723. The third-order valence-electron chi connectivity index (χ3n) is 4.41. The van der Waals surface area contributed by atoms with E-state index < -0.39 is 17.6 Å². The van der Waals surface area contributed by atoms with Crippen LogP contribution in [0, 0.1) is 6.92 Å². The largest absolute Gasteiger partial charge is 0.502 e. The molecule has 2 amide bonds. The predicted octanol–water partition coefficient (Wildman–Crippen LogP) is 3.99. The Morgan fingerprint density at radius 2 is 1.48 bits per heavy atom. The van der Waals surface area contributed by atoms with Crippen molar-refractivity contribution in [3.05, 3.63) is 83.6 Å². The van der Waals surface area contributed by atoms with Gasteiger partial charge in [-0.05, 0) is 23.9 Å². The van der Waals surface area contributed by atoms with E-state index in [-0.39, 0.29) is 5.57 Å². The maximum atomic E-state index is 12.9. The summed E-state index contributed by atoms with van der Waals surface area (Å²) in [6.07, 6.45) is 0. The van der Waals surface area contributed by atoms with Gasteiger partial charge in [0.1, 0.15) is 0 Å². The first-order chi connectivity index (χ1) is 12.1. The fourth-order valence-electron chi connectivity index (χ4n) is 3.12. The molecule has 4 nitrogen and oxygen atoms in total. The molecule has 4 heteroatoms. The zero-order valence-corrected chi connectivity index (χ0v) is 13.6. The summed E-state index contributed by atoms with van der Waals surface area (Å²) in [7, 11) is 0. The first-order valence-corrected chi connectivity index (χ1v) is 7.95. The van der Waals surface area contributed by atoms with Gasteiger partial charge in [0.15, 0.2) is 5.76 Å². The van der Waals surface area contributed by atoms with Crippen molar-refractivity contribution >= 4 is 33.8 Å². The summed E-state index contributed by atoms with van der Waals surface area (Å²) in [5.41, 5.74) is 2.08. The summed E-state index contributed by atoms with van der Waals surface area (Å²) < 4.78 is 0. The minimum Gasteiger partial charge on any atom is -0.502 e. The van der Waals surface area contributed by atoms with Crippen LogP contribution in [0.1, 0.15) is 11.1 Å². The van der Waals surface area contributed by atoms with E-state index in [1.54, 1.807) is 24.3 Å². The number of fused-ring (bicyclic) bond motifs is 1. The molecular formula is C21H15NO3. The lowest BCUT2D eigenvalue weighted by atomic mass is 10.0. The van der Waals surface area contributed by atoms with Crippen molar-refractivity contribution < 1.29 is 14.7 Å². The first-order valence-electron chi connectivity index (χ1n) is 7.95. The molecular weight excluding hydrogens is 314 g/mol. The molecule has 1 aliphatic heterocycles. The van der Waals surface area contributed by atoms with E-state index in [9.17, 15) is 14.7 Å². The highest BCUT2D eigenvalue weighted by molar-refractivity contribution is 6.45. The molecule has 1 aliphatic rings. The number of aryl methyl sites for hydroxylation is 1. The number of hydrogen-bond donors (Lipinski definition) is 1. The minimum absolute atomic E-state index is 0.0398. The molecule has 1 heterocycles. The number of aliphatic hydroxyl groups excluding tert-OH is 1. The number of benzene rings is 3. The molecule has 25 heavy (non-hydrogen) atoms. The molecule has 0 unspecified atom stereocenters. The van der Waals surface area contributed by atoms with Crippen LogP contribution < -0.4 is 4.90 Å². The summed E-state index contributed by atoms with van der Waals surface area (Å²) in [6, 6.07) is 20.1. The Balaban J connectivity index is 1.85. The van der Waals surface area contributed by atoms with Crippen LogP contribution in [0.25, 0.3) is 16.3 Å². The van der Waals surface area contributed by atoms with Gasteiger partial charge in [-0.3, -0.25) is 9.59 Å². The third-order valence-corrected chi connectivity index (χ3v) is 4.41. The van der Waals surface area contributed by atoms with Gasteiger partial charge in [-0.25, -0.2) is 4.90 Å². The van der Waals surface area contributed by atoms with Crippen LogP contribution in [0.15, 0.2) is 72.5 Å². The lowest BCUT2D eigenvalue weighted by molar-refractivity contribution is -0.121. The molecule has 0 radical (unpaired) electrons. The van der Waals surface area contributed by atoms with E-state index in [1.165, 1.54) is 0 Å². The molecule has 0 saturated carbocycles. The average Bonchev–Trinajstić information content (AvgIpc) is 2.85. The predicted molar refractivity (Wildman–Crippen MR) is 97.2 cm³/mol. The number of anilines is 1. The first kappa shape index (κ1) is 15.1. The molecule has 0 spiro atoms. The molecule has 0 atom stereocenters. The van der Waals surface area contributed by atoms with E-state index in [4.69, 9.17) is 0 Å². The van der Waals surface area contributed by atoms with Crippen LogP contribution in [-0.4, -0.2) is 16.9 Å². The van der Waals surface area contributed by atoms with Gasteiger partial charge in [-0.1, -0.05) is 66.2 Å². The van der Waals surface area contributed by atoms with Gasteiger partial charge in [-0.15, -0.1) is 0 Å². The molecule has 3 aromatic carbocycles. The van der Waals surface area contributed by atoms with Gasteiger partial charge < -0.3 is 5.11 Å². The monoisotopic (exact) mass is 329 g/mol. The zero-order valence-electron chi connectivity index (χ0n) is 13.6. The van der Waals surface area contributed by atoms with E-state index in [0.29, 0.717) is 11.3 Å². The number of amides is 2. The third kappa shape index (κ3) is 2.31. The van der Waals surface area contributed by atoms with Crippen molar-refractivity contribution in [3.8, 4) is 0 Å². The molecule has 0 saturated heterocycles. The van der Waals surface area contributed by atoms with Crippen LogP contribution in [0.3, 0.4) is 0 Å². The van der Waals surface area contributed by atoms with E-state index in [2.05, 4.69) is 0 Å². The minimum atomic E-state index is -0.697. The molecule has 0 fully saturated rings. The van der Waals surface area contributed by atoms with Crippen molar-refractivity contribution in [2.24, 2.45) is 0 Å². The Bertz CT molecular complexity index is 1040. The Kier molecular flexibility index (Phi) is 3.39. The Hall–Kier alpha value is -3.40. The molecule has 122 valence electrons. The smallest absolute Gasteiger partial charge is 0.301 e. The van der Waals surface area contributed by atoms with Crippen LogP contribution in [-0.2, 0) is 9.59 Å². The number of carbonyl (C=O) groups is 2. The average molecular weight is 329 g/mol. The van der Waals surface area contributed by atoms with Crippen molar-refractivity contribution in [3.63, 3.8) is 0 Å². The number of aliphatic hydroxyl groups is 1. The molecule has 3 aromatic rings. The van der Waals surface area contributed by atoms with Crippen molar-refractivity contribution in [2.75, 3.05) is 4.90 Å². The maximum absolute atomic E-state index is 12.9. The topological polar surface area (TPSA) is 57.6 Å². The van der Waals surface area contributed by atoms with Gasteiger partial charge in [0.25, 0.3) is 5.91 Å². The second kappa shape index (κ2) is 5.60. The zero-order chi connectivity index (χ0) is 17.6. The fourth-order valence-corrected chi connectivity index (χ4v) is 3.12. The highest BCUT2D eigenvalue weighted by atomic mass is 16.3. The van der Waals surface area contributed by atoms with Crippen LogP contribution in [0.2, 0.25) is 0 Å². The molecule has 1 N–H and O–H groups in total. The lowest BCUT2D eigenvalue weighted by Gasteiger charge is -2.17. The van der Waals surface area contributed by atoms with E-state index in [1.807, 2.05) is 49.4 Å². The molecule has 4 rings (SSSR count). The Morgan fingerprint density at radius 3 is 2.24 bits per heavy atom. The number of carbonyl (C=O) groups excluding carboxylic acids is 2. The molecule has 0 aliphatic carbocycles. The van der Waals surface area contributed by atoms with Crippen LogP contribution >= 0.6 is 0 Å². The lowest BCUT2D eigenvalue weighted by Crippen LogP contribution is -2.31. The summed E-state index contributed by atoms with van der Waals surface area (Å²) in [6.45, 7) is 1.93. The van der Waals surface area contributed by atoms with Crippen molar-refractivity contribution in [1.82, 2.24) is 0 Å². The van der Waals surface area contributed by atoms with Gasteiger partial charge in [-0.2, -0.15) is 0 Å². The van der Waals surface area contributed by atoms with Gasteiger partial charge in [0.2, 0.25) is 0 Å². The van der Waals surface area contributed by atoms with Crippen molar-refractivity contribution in [2.45, 2.75) is 6.92 Å². The second-order valence-corrected chi connectivity index (χ2v) is 6.03.